The van der Waals surface area contributed by atoms with Crippen LogP contribution >= 0.6 is 0 Å². The summed E-state index contributed by atoms with van der Waals surface area (Å²) in [6.07, 6.45) is 2.80. The number of carbonyl (C=O) groups excluding carboxylic acids is 4. The van der Waals surface area contributed by atoms with E-state index in [1.807, 2.05) is 0 Å². The van der Waals surface area contributed by atoms with E-state index in [9.17, 15) is 19.2 Å². The maximum Gasteiger partial charge on any atom is 0.326 e. The van der Waals surface area contributed by atoms with Crippen LogP contribution < -0.4 is 0 Å². The number of esters is 1. The molecule has 0 radical (unpaired) electrons. The number of nitrogens with zero attached hydrogens (tertiary/aromatic N) is 1. The van der Waals surface area contributed by atoms with Gasteiger partial charge in [-0.15, -0.1) is 0 Å². The molecule has 1 aliphatic rings. The molecule has 1 atom stereocenters. The number of amides is 1. The number of benzene rings is 1. The third-order valence-electron chi connectivity index (χ3n) is 4.23. The zero-order chi connectivity index (χ0) is 18.2. The van der Waals surface area contributed by atoms with Crippen molar-refractivity contribution >= 4 is 23.4 Å². The van der Waals surface area contributed by atoms with E-state index in [-0.39, 0.29) is 18.8 Å². The van der Waals surface area contributed by atoms with E-state index in [0.29, 0.717) is 18.7 Å². The van der Waals surface area contributed by atoms with Crippen LogP contribution in [-0.2, 0) is 19.1 Å². The first-order valence-electron chi connectivity index (χ1n) is 8.55. The molecule has 0 bridgehead atoms. The van der Waals surface area contributed by atoms with Gasteiger partial charge >= 0.3 is 5.97 Å². The third kappa shape index (κ3) is 5.24. The number of hydrogen-bond donors (Lipinski definition) is 0. The minimum atomic E-state index is -1.43. The van der Waals surface area contributed by atoms with Gasteiger partial charge in [0.15, 0.2) is 17.5 Å². The van der Waals surface area contributed by atoms with Gasteiger partial charge in [0.05, 0.1) is 6.61 Å². The largest absolute Gasteiger partial charge is 0.464 e. The van der Waals surface area contributed by atoms with Crippen molar-refractivity contribution in [1.29, 1.82) is 0 Å². The van der Waals surface area contributed by atoms with Gasteiger partial charge in [0, 0.05) is 25.1 Å². The van der Waals surface area contributed by atoms with Crippen LogP contribution in [0.2, 0.25) is 0 Å². The van der Waals surface area contributed by atoms with Gasteiger partial charge in [-0.1, -0.05) is 30.3 Å². The number of ether oxygens (including phenoxy) is 1. The second-order valence-corrected chi connectivity index (χ2v) is 6.14. The van der Waals surface area contributed by atoms with Gasteiger partial charge in [-0.2, -0.15) is 0 Å². The summed E-state index contributed by atoms with van der Waals surface area (Å²) in [6, 6.07) is 8.68. The summed E-state index contributed by atoms with van der Waals surface area (Å²) in [5.41, 5.74) is 0.533. The van der Waals surface area contributed by atoms with Crippen molar-refractivity contribution in [2.75, 3.05) is 19.7 Å². The van der Waals surface area contributed by atoms with Gasteiger partial charge in [-0.25, -0.2) is 0 Å². The highest BCUT2D eigenvalue weighted by atomic mass is 16.5. The van der Waals surface area contributed by atoms with Crippen molar-refractivity contribution in [2.45, 2.75) is 32.6 Å². The molecule has 6 heteroatoms. The van der Waals surface area contributed by atoms with E-state index in [1.165, 1.54) is 6.92 Å². The van der Waals surface area contributed by atoms with Crippen molar-refractivity contribution in [2.24, 2.45) is 5.92 Å². The van der Waals surface area contributed by atoms with Crippen molar-refractivity contribution < 1.29 is 23.9 Å². The number of Topliss-reactive ketones (excluding diaryl/α,β-unsaturated/α-hetero) is 2. The van der Waals surface area contributed by atoms with Gasteiger partial charge in [-0.05, 0) is 26.2 Å². The summed E-state index contributed by atoms with van der Waals surface area (Å²) in [4.78, 5) is 49.9. The average molecular weight is 345 g/mol. The zero-order valence-corrected chi connectivity index (χ0v) is 14.4. The number of carbonyl (C=O) groups is 4. The van der Waals surface area contributed by atoms with Gasteiger partial charge in [-0.3, -0.25) is 19.2 Å². The van der Waals surface area contributed by atoms with Crippen molar-refractivity contribution in [3.8, 4) is 0 Å². The van der Waals surface area contributed by atoms with Crippen molar-refractivity contribution in [1.82, 2.24) is 4.90 Å². The van der Waals surface area contributed by atoms with E-state index in [1.54, 1.807) is 35.2 Å². The quantitative estimate of drug-likeness (QED) is 0.429. The summed E-state index contributed by atoms with van der Waals surface area (Å²) in [6.45, 7) is 2.18. The van der Waals surface area contributed by atoms with E-state index in [4.69, 9.17) is 4.74 Å². The predicted octanol–water partition coefficient (Wildman–Crippen LogP) is 2.02. The Morgan fingerprint density at radius 2 is 1.68 bits per heavy atom. The first-order chi connectivity index (χ1) is 12.0. The van der Waals surface area contributed by atoms with Crippen LogP contribution in [0, 0.1) is 5.92 Å². The number of rotatable bonds is 7. The van der Waals surface area contributed by atoms with Gasteiger partial charge in [0.2, 0.25) is 5.91 Å². The Hall–Kier alpha value is -2.50. The predicted molar refractivity (Wildman–Crippen MR) is 91.0 cm³/mol. The van der Waals surface area contributed by atoms with Gasteiger partial charge in [0.1, 0.15) is 0 Å². The van der Waals surface area contributed by atoms with Gasteiger partial charge in [0.25, 0.3) is 0 Å². The molecule has 0 N–H and O–H groups in total. The molecule has 1 saturated heterocycles. The Morgan fingerprint density at radius 3 is 2.28 bits per heavy atom. The fourth-order valence-electron chi connectivity index (χ4n) is 2.83. The number of likely N-dealkylation sites (tertiary alicyclic amines) is 1. The summed E-state index contributed by atoms with van der Waals surface area (Å²) in [5.74, 6) is -3.48. The number of piperidine rings is 1. The van der Waals surface area contributed by atoms with E-state index >= 15 is 0 Å². The molecule has 25 heavy (non-hydrogen) atoms. The van der Waals surface area contributed by atoms with Crippen LogP contribution in [0.15, 0.2) is 30.3 Å². The second-order valence-electron chi connectivity index (χ2n) is 6.14. The fraction of sp³-hybridized carbons (Fsp3) is 0.474. The molecular weight excluding hydrogens is 322 g/mol. The van der Waals surface area contributed by atoms with Crippen molar-refractivity contribution in [3.63, 3.8) is 0 Å². The lowest BCUT2D eigenvalue weighted by molar-refractivity contribution is -0.158. The lowest BCUT2D eigenvalue weighted by atomic mass is 10.0. The van der Waals surface area contributed by atoms with Crippen LogP contribution in [0.1, 0.15) is 43.0 Å². The highest BCUT2D eigenvalue weighted by molar-refractivity contribution is 6.15. The van der Waals surface area contributed by atoms with E-state index in [2.05, 4.69) is 0 Å². The maximum absolute atomic E-state index is 12.4. The second kappa shape index (κ2) is 9.11. The van der Waals surface area contributed by atoms with Crippen LogP contribution in [0.5, 0.6) is 0 Å². The van der Waals surface area contributed by atoms with E-state index < -0.39 is 23.6 Å². The lowest BCUT2D eigenvalue weighted by Gasteiger charge is -2.28. The summed E-state index contributed by atoms with van der Waals surface area (Å²) in [5, 5.41) is 0. The monoisotopic (exact) mass is 345 g/mol. The Labute approximate surface area is 147 Å². The molecule has 0 aromatic heterocycles. The summed E-state index contributed by atoms with van der Waals surface area (Å²) in [7, 11) is 0. The molecule has 6 nitrogen and oxygen atoms in total. The molecule has 1 amide bonds. The van der Waals surface area contributed by atoms with Crippen LogP contribution in [0.25, 0.3) is 0 Å². The number of ketones is 2. The molecule has 1 aliphatic heterocycles. The zero-order valence-electron chi connectivity index (χ0n) is 14.4. The molecule has 134 valence electrons. The first kappa shape index (κ1) is 18.8. The molecule has 1 unspecified atom stereocenters. The Kier molecular flexibility index (Phi) is 6.86. The smallest absolute Gasteiger partial charge is 0.326 e. The maximum atomic E-state index is 12.4. The van der Waals surface area contributed by atoms with Crippen molar-refractivity contribution in [3.05, 3.63) is 35.9 Å². The minimum Gasteiger partial charge on any atom is -0.464 e. The lowest BCUT2D eigenvalue weighted by Crippen LogP contribution is -2.45. The average Bonchev–Trinajstić information content (AvgIpc) is 2.63. The molecule has 1 aromatic rings. The number of hydrogen-bond acceptors (Lipinski definition) is 5. The van der Waals surface area contributed by atoms with Crippen LogP contribution in [0.3, 0.4) is 0 Å². The molecular formula is C19H23NO5. The molecule has 1 heterocycles. The standard InChI is InChI=1S/C19H23NO5/c1-14(21)17(18(23)20-11-6-3-7-12-20)19(24)25-13-10-16(22)15-8-4-2-5-9-15/h2,4-5,8-9,17H,3,6-7,10-13H2,1H3. The molecule has 2 rings (SSSR count). The summed E-state index contributed by atoms with van der Waals surface area (Å²) < 4.78 is 5.04. The Bertz CT molecular complexity index is 634. The molecule has 0 aliphatic carbocycles. The molecule has 0 spiro atoms. The topological polar surface area (TPSA) is 80.8 Å². The van der Waals surface area contributed by atoms with Crippen LogP contribution in [0.4, 0.5) is 0 Å². The fourth-order valence-corrected chi connectivity index (χ4v) is 2.83. The first-order valence-corrected chi connectivity index (χ1v) is 8.55. The molecule has 1 fully saturated rings. The Morgan fingerprint density at radius 1 is 1.04 bits per heavy atom. The Balaban J connectivity index is 1.88. The normalized spacial score (nSPS) is 15.3. The van der Waals surface area contributed by atoms with E-state index in [0.717, 1.165) is 19.3 Å². The van der Waals surface area contributed by atoms with Gasteiger partial charge < -0.3 is 9.64 Å². The summed E-state index contributed by atoms with van der Waals surface area (Å²) >= 11 is 0. The highest BCUT2D eigenvalue weighted by Gasteiger charge is 2.36. The highest BCUT2D eigenvalue weighted by Crippen LogP contribution is 2.15. The SMILES string of the molecule is CC(=O)C(C(=O)OCCC(=O)c1ccccc1)C(=O)N1CCCCC1. The third-order valence-corrected chi connectivity index (χ3v) is 4.23. The van der Waals surface area contributed by atoms with Crippen LogP contribution in [-0.4, -0.2) is 48.0 Å². The molecule has 1 aromatic carbocycles. The minimum absolute atomic E-state index is 0.0122. The molecule has 0 saturated carbocycles.